The Balaban J connectivity index is 1.66. The average molecular weight is 348 g/mol. The van der Waals surface area contributed by atoms with Crippen molar-refractivity contribution in [1.82, 2.24) is 15.1 Å². The summed E-state index contributed by atoms with van der Waals surface area (Å²) in [6.45, 7) is 3.65. The van der Waals surface area contributed by atoms with Gasteiger partial charge in [-0.1, -0.05) is 30.3 Å². The van der Waals surface area contributed by atoms with Gasteiger partial charge in [0.2, 0.25) is 5.91 Å². The van der Waals surface area contributed by atoms with Crippen LogP contribution in [0.3, 0.4) is 0 Å². The zero-order valence-electron chi connectivity index (χ0n) is 14.7. The molecule has 2 N–H and O–H groups in total. The first kappa shape index (κ1) is 17.4. The maximum absolute atomic E-state index is 12.3. The molecule has 6 nitrogen and oxygen atoms in total. The van der Waals surface area contributed by atoms with E-state index in [1.807, 2.05) is 56.4 Å². The SMILES string of the molecule is Cc1ccn(-c2ccccc2NC(=O)CNC(=O)c2ccccc2C)n1. The predicted molar refractivity (Wildman–Crippen MR) is 100 cm³/mol. The smallest absolute Gasteiger partial charge is 0.251 e. The number of hydrogen-bond acceptors (Lipinski definition) is 3. The molecule has 1 heterocycles. The zero-order valence-corrected chi connectivity index (χ0v) is 14.7. The second-order valence-corrected chi connectivity index (χ2v) is 5.96. The van der Waals surface area contributed by atoms with Crippen LogP contribution in [0, 0.1) is 13.8 Å². The highest BCUT2D eigenvalue weighted by molar-refractivity contribution is 6.00. The molecule has 6 heteroatoms. The number of carbonyl (C=O) groups is 2. The number of aryl methyl sites for hydroxylation is 2. The van der Waals surface area contributed by atoms with Crippen LogP contribution in [0.5, 0.6) is 0 Å². The van der Waals surface area contributed by atoms with E-state index in [2.05, 4.69) is 15.7 Å². The van der Waals surface area contributed by atoms with E-state index < -0.39 is 0 Å². The first-order chi connectivity index (χ1) is 12.5. The first-order valence-corrected chi connectivity index (χ1v) is 8.30. The number of benzene rings is 2. The van der Waals surface area contributed by atoms with Gasteiger partial charge in [0.15, 0.2) is 0 Å². The Bertz CT molecular complexity index is 946. The van der Waals surface area contributed by atoms with Gasteiger partial charge in [-0.25, -0.2) is 4.68 Å². The molecule has 0 saturated heterocycles. The maximum Gasteiger partial charge on any atom is 0.251 e. The van der Waals surface area contributed by atoms with Crippen LogP contribution in [0.25, 0.3) is 5.69 Å². The van der Waals surface area contributed by atoms with Gasteiger partial charge in [0.05, 0.1) is 23.6 Å². The fraction of sp³-hybridized carbons (Fsp3) is 0.150. The molecule has 3 rings (SSSR count). The van der Waals surface area contributed by atoms with Gasteiger partial charge >= 0.3 is 0 Å². The molecular weight excluding hydrogens is 328 g/mol. The third-order valence-electron chi connectivity index (χ3n) is 3.95. The van der Waals surface area contributed by atoms with E-state index in [9.17, 15) is 9.59 Å². The zero-order chi connectivity index (χ0) is 18.5. The van der Waals surface area contributed by atoms with Crippen LogP contribution in [-0.2, 0) is 4.79 Å². The normalized spacial score (nSPS) is 10.4. The minimum Gasteiger partial charge on any atom is -0.343 e. The average Bonchev–Trinajstić information content (AvgIpc) is 3.07. The highest BCUT2D eigenvalue weighted by Crippen LogP contribution is 2.19. The molecule has 2 amide bonds. The molecule has 3 aromatic rings. The second-order valence-electron chi connectivity index (χ2n) is 5.96. The Morgan fingerprint density at radius 1 is 1.00 bits per heavy atom. The monoisotopic (exact) mass is 348 g/mol. The molecule has 0 unspecified atom stereocenters. The lowest BCUT2D eigenvalue weighted by molar-refractivity contribution is -0.115. The molecular formula is C20H20N4O2. The summed E-state index contributed by atoms with van der Waals surface area (Å²) in [6, 6.07) is 16.5. The Labute approximate surface area is 151 Å². The lowest BCUT2D eigenvalue weighted by Gasteiger charge is -2.12. The number of nitrogens with zero attached hydrogens (tertiary/aromatic N) is 2. The quantitative estimate of drug-likeness (QED) is 0.744. The Morgan fingerprint density at radius 3 is 2.46 bits per heavy atom. The fourth-order valence-corrected chi connectivity index (χ4v) is 2.61. The fourth-order valence-electron chi connectivity index (χ4n) is 2.61. The Morgan fingerprint density at radius 2 is 1.73 bits per heavy atom. The van der Waals surface area contributed by atoms with Crippen LogP contribution in [0.2, 0.25) is 0 Å². The minimum absolute atomic E-state index is 0.111. The van der Waals surface area contributed by atoms with E-state index >= 15 is 0 Å². The molecule has 132 valence electrons. The van der Waals surface area contributed by atoms with Gasteiger partial charge in [-0.15, -0.1) is 0 Å². The number of rotatable bonds is 5. The molecule has 0 aliphatic heterocycles. The molecule has 0 saturated carbocycles. The summed E-state index contributed by atoms with van der Waals surface area (Å²) in [5.41, 5.74) is 3.71. The molecule has 0 spiro atoms. The summed E-state index contributed by atoms with van der Waals surface area (Å²) in [5.74, 6) is -0.572. The van der Waals surface area contributed by atoms with Crippen LogP contribution in [0.4, 0.5) is 5.69 Å². The topological polar surface area (TPSA) is 76.0 Å². The summed E-state index contributed by atoms with van der Waals surface area (Å²) >= 11 is 0. The van der Waals surface area contributed by atoms with Crippen LogP contribution < -0.4 is 10.6 Å². The van der Waals surface area contributed by atoms with Crippen molar-refractivity contribution < 1.29 is 9.59 Å². The molecule has 0 atom stereocenters. The van der Waals surface area contributed by atoms with E-state index in [-0.39, 0.29) is 18.4 Å². The van der Waals surface area contributed by atoms with Crippen LogP contribution in [0.1, 0.15) is 21.6 Å². The summed E-state index contributed by atoms with van der Waals surface area (Å²) in [5, 5.41) is 9.84. The third kappa shape index (κ3) is 3.97. The van der Waals surface area contributed by atoms with Crippen molar-refractivity contribution in [1.29, 1.82) is 0 Å². The van der Waals surface area contributed by atoms with Crippen molar-refractivity contribution in [3.63, 3.8) is 0 Å². The van der Waals surface area contributed by atoms with Crippen molar-refractivity contribution in [2.75, 3.05) is 11.9 Å². The molecule has 0 aliphatic rings. The van der Waals surface area contributed by atoms with E-state index in [0.717, 1.165) is 16.9 Å². The Kier molecular flexibility index (Phi) is 5.12. The van der Waals surface area contributed by atoms with E-state index in [0.29, 0.717) is 11.3 Å². The number of anilines is 1. The summed E-state index contributed by atoms with van der Waals surface area (Å²) in [6.07, 6.45) is 1.83. The highest BCUT2D eigenvalue weighted by atomic mass is 16.2. The number of para-hydroxylation sites is 2. The van der Waals surface area contributed by atoms with Crippen LogP contribution >= 0.6 is 0 Å². The summed E-state index contributed by atoms with van der Waals surface area (Å²) in [7, 11) is 0. The highest BCUT2D eigenvalue weighted by Gasteiger charge is 2.12. The first-order valence-electron chi connectivity index (χ1n) is 8.30. The van der Waals surface area contributed by atoms with Gasteiger partial charge < -0.3 is 10.6 Å². The number of aromatic nitrogens is 2. The van der Waals surface area contributed by atoms with Crippen LogP contribution in [0.15, 0.2) is 60.8 Å². The standard InChI is InChI=1S/C20H20N4O2/c1-14-7-3-4-8-16(14)20(26)21-13-19(25)22-17-9-5-6-10-18(17)24-12-11-15(2)23-24/h3-12H,13H2,1-2H3,(H,21,26)(H,22,25). The van der Waals surface area contributed by atoms with Crippen molar-refractivity contribution in [2.45, 2.75) is 13.8 Å². The van der Waals surface area contributed by atoms with Gasteiger partial charge in [-0.05, 0) is 43.7 Å². The van der Waals surface area contributed by atoms with Gasteiger partial charge in [-0.2, -0.15) is 5.10 Å². The number of nitrogens with one attached hydrogen (secondary N) is 2. The molecule has 2 aromatic carbocycles. The maximum atomic E-state index is 12.3. The molecule has 0 radical (unpaired) electrons. The van der Waals surface area contributed by atoms with Crippen molar-refractivity contribution in [2.24, 2.45) is 0 Å². The van der Waals surface area contributed by atoms with Crippen molar-refractivity contribution in [3.05, 3.63) is 77.6 Å². The van der Waals surface area contributed by atoms with E-state index in [1.165, 1.54) is 0 Å². The second kappa shape index (κ2) is 7.65. The molecule has 0 fully saturated rings. The Hall–Kier alpha value is -3.41. The van der Waals surface area contributed by atoms with E-state index in [4.69, 9.17) is 0 Å². The van der Waals surface area contributed by atoms with Crippen molar-refractivity contribution >= 4 is 17.5 Å². The van der Waals surface area contributed by atoms with Crippen molar-refractivity contribution in [3.8, 4) is 5.69 Å². The number of carbonyl (C=O) groups excluding carboxylic acids is 2. The third-order valence-corrected chi connectivity index (χ3v) is 3.95. The molecule has 1 aromatic heterocycles. The van der Waals surface area contributed by atoms with Gasteiger partial charge in [0.25, 0.3) is 5.91 Å². The van der Waals surface area contributed by atoms with Gasteiger partial charge in [0.1, 0.15) is 0 Å². The summed E-state index contributed by atoms with van der Waals surface area (Å²) in [4.78, 5) is 24.5. The van der Waals surface area contributed by atoms with E-state index in [1.54, 1.807) is 22.9 Å². The largest absolute Gasteiger partial charge is 0.343 e. The molecule has 0 aliphatic carbocycles. The van der Waals surface area contributed by atoms with Gasteiger partial charge in [0, 0.05) is 11.8 Å². The predicted octanol–water partition coefficient (Wildman–Crippen LogP) is 2.86. The van der Waals surface area contributed by atoms with Gasteiger partial charge in [-0.3, -0.25) is 9.59 Å². The number of amides is 2. The lowest BCUT2D eigenvalue weighted by Crippen LogP contribution is -2.33. The molecule has 0 bridgehead atoms. The van der Waals surface area contributed by atoms with Crippen LogP contribution in [-0.4, -0.2) is 28.1 Å². The molecule has 26 heavy (non-hydrogen) atoms. The minimum atomic E-state index is -0.303. The lowest BCUT2D eigenvalue weighted by atomic mass is 10.1. The number of hydrogen-bond donors (Lipinski definition) is 2. The summed E-state index contributed by atoms with van der Waals surface area (Å²) < 4.78 is 1.71.